The summed E-state index contributed by atoms with van der Waals surface area (Å²) in [4.78, 5) is 32.2. The highest BCUT2D eigenvalue weighted by molar-refractivity contribution is 8.15. The molecule has 1 atom stereocenters. The second kappa shape index (κ2) is 11.7. The van der Waals surface area contributed by atoms with E-state index in [2.05, 4.69) is 10.3 Å². The molecule has 180 valence electrons. The first-order chi connectivity index (χ1) is 17.0. The van der Waals surface area contributed by atoms with Crippen molar-refractivity contribution in [3.8, 4) is 5.75 Å². The number of carbonyl (C=O) groups excluding carboxylic acids is 2. The second-order valence-corrected chi connectivity index (χ2v) is 9.08. The average molecular weight is 492 g/mol. The Morgan fingerprint density at radius 2 is 1.77 bits per heavy atom. The maximum atomic E-state index is 13.3. The molecule has 0 aliphatic carbocycles. The number of ether oxygens (including phenoxy) is 1. The van der Waals surface area contributed by atoms with Crippen molar-refractivity contribution in [1.29, 1.82) is 0 Å². The van der Waals surface area contributed by atoms with Crippen molar-refractivity contribution in [2.45, 2.75) is 25.0 Å². The van der Waals surface area contributed by atoms with Crippen molar-refractivity contribution in [1.82, 2.24) is 4.90 Å². The first kappa shape index (κ1) is 24.5. The topological polar surface area (TPSA) is 71.0 Å². The Labute approximate surface area is 208 Å². The van der Waals surface area contributed by atoms with E-state index in [1.165, 1.54) is 23.9 Å². The first-order valence-corrected chi connectivity index (χ1v) is 12.3. The van der Waals surface area contributed by atoms with E-state index in [-0.39, 0.29) is 24.1 Å². The molecule has 0 bridgehead atoms. The molecule has 3 aromatic carbocycles. The van der Waals surface area contributed by atoms with Gasteiger partial charge in [-0.15, -0.1) is 0 Å². The van der Waals surface area contributed by atoms with Crippen LogP contribution in [0, 0.1) is 5.82 Å². The highest BCUT2D eigenvalue weighted by Gasteiger charge is 2.39. The Hall–Kier alpha value is -3.65. The molecule has 35 heavy (non-hydrogen) atoms. The number of nitrogens with one attached hydrogen (secondary N) is 1. The van der Waals surface area contributed by atoms with Crippen molar-refractivity contribution in [3.63, 3.8) is 0 Å². The van der Waals surface area contributed by atoms with Crippen LogP contribution in [0.2, 0.25) is 0 Å². The molecule has 2 amide bonds. The molecule has 0 radical (unpaired) electrons. The number of thioether (sulfide) groups is 1. The summed E-state index contributed by atoms with van der Waals surface area (Å²) in [7, 11) is 0. The largest absolute Gasteiger partial charge is 0.494 e. The Bertz CT molecular complexity index is 1180. The Balaban J connectivity index is 1.46. The van der Waals surface area contributed by atoms with E-state index in [0.29, 0.717) is 36.1 Å². The number of nitrogens with zero attached hydrogens (tertiary/aromatic N) is 2. The molecule has 1 fully saturated rings. The van der Waals surface area contributed by atoms with Crippen molar-refractivity contribution in [3.05, 3.63) is 90.2 Å². The quantitative estimate of drug-likeness (QED) is 0.434. The number of hydrogen-bond acceptors (Lipinski definition) is 5. The minimum Gasteiger partial charge on any atom is -0.494 e. The molecular weight excluding hydrogens is 465 g/mol. The number of anilines is 1. The fraction of sp³-hybridized carbons (Fsp3) is 0.222. The van der Waals surface area contributed by atoms with Crippen molar-refractivity contribution >= 4 is 40.1 Å². The Kier molecular flexibility index (Phi) is 8.15. The molecule has 0 unspecified atom stereocenters. The van der Waals surface area contributed by atoms with Crippen LogP contribution in [-0.4, -0.2) is 40.3 Å². The number of amidine groups is 1. The summed E-state index contributed by atoms with van der Waals surface area (Å²) >= 11 is 1.26. The van der Waals surface area contributed by atoms with Gasteiger partial charge >= 0.3 is 0 Å². The minimum absolute atomic E-state index is 0.0149. The van der Waals surface area contributed by atoms with E-state index >= 15 is 0 Å². The SMILES string of the molecule is CCOc1ccc(NC(=O)C[C@H]2SC(=Nc3ccc(F)cc3)N(CCc3ccccc3)C2=O)cc1. The number of hydrogen-bond donors (Lipinski definition) is 1. The molecular formula is C27H26FN3O3S. The standard InChI is InChI=1S/C27H26FN3O3S/c1-2-34-23-14-12-21(13-15-23)29-25(32)18-24-26(33)31(17-16-19-6-4-3-5-7-19)27(35-24)30-22-10-8-20(28)9-11-22/h3-15,24H,2,16-18H2,1H3,(H,29,32)/t24-/m1/s1. The molecule has 1 aliphatic heterocycles. The third-order valence-electron chi connectivity index (χ3n) is 5.36. The van der Waals surface area contributed by atoms with Crippen LogP contribution in [0.3, 0.4) is 0 Å². The lowest BCUT2D eigenvalue weighted by atomic mass is 10.1. The fourth-order valence-electron chi connectivity index (χ4n) is 3.62. The zero-order valence-electron chi connectivity index (χ0n) is 19.3. The number of carbonyl (C=O) groups is 2. The lowest BCUT2D eigenvalue weighted by Gasteiger charge is -2.16. The van der Waals surface area contributed by atoms with E-state index in [1.807, 2.05) is 37.3 Å². The molecule has 0 aromatic heterocycles. The van der Waals surface area contributed by atoms with Gasteiger partial charge in [0.05, 0.1) is 12.3 Å². The number of amides is 2. The number of halogens is 1. The third-order valence-corrected chi connectivity index (χ3v) is 6.53. The van der Waals surface area contributed by atoms with Crippen LogP contribution >= 0.6 is 11.8 Å². The van der Waals surface area contributed by atoms with Crippen molar-refractivity contribution < 1.29 is 18.7 Å². The molecule has 0 spiro atoms. The van der Waals surface area contributed by atoms with Gasteiger partial charge in [-0.1, -0.05) is 42.1 Å². The molecule has 6 nitrogen and oxygen atoms in total. The molecule has 3 aromatic rings. The Morgan fingerprint density at radius 3 is 2.46 bits per heavy atom. The van der Waals surface area contributed by atoms with E-state index in [0.717, 1.165) is 11.3 Å². The zero-order chi connectivity index (χ0) is 24.6. The lowest BCUT2D eigenvalue weighted by Crippen LogP contribution is -2.35. The van der Waals surface area contributed by atoms with Crippen LogP contribution in [0.15, 0.2) is 83.9 Å². The first-order valence-electron chi connectivity index (χ1n) is 11.4. The van der Waals surface area contributed by atoms with E-state index in [9.17, 15) is 14.0 Å². The molecule has 1 heterocycles. The van der Waals surface area contributed by atoms with Crippen LogP contribution < -0.4 is 10.1 Å². The van der Waals surface area contributed by atoms with Gasteiger partial charge in [0.15, 0.2) is 5.17 Å². The van der Waals surface area contributed by atoms with Gasteiger partial charge in [-0.05, 0) is 67.4 Å². The van der Waals surface area contributed by atoms with E-state index in [1.54, 1.807) is 41.3 Å². The van der Waals surface area contributed by atoms with Gasteiger partial charge in [0.1, 0.15) is 16.8 Å². The monoisotopic (exact) mass is 491 g/mol. The van der Waals surface area contributed by atoms with Crippen LogP contribution in [0.25, 0.3) is 0 Å². The molecule has 0 saturated carbocycles. The van der Waals surface area contributed by atoms with Gasteiger partial charge < -0.3 is 10.1 Å². The second-order valence-electron chi connectivity index (χ2n) is 7.91. The fourth-order valence-corrected chi connectivity index (χ4v) is 4.81. The summed E-state index contributed by atoms with van der Waals surface area (Å²) in [5.41, 5.74) is 2.28. The van der Waals surface area contributed by atoms with Gasteiger partial charge in [0.25, 0.3) is 0 Å². The highest BCUT2D eigenvalue weighted by Crippen LogP contribution is 2.32. The van der Waals surface area contributed by atoms with Crippen molar-refractivity contribution in [2.24, 2.45) is 4.99 Å². The van der Waals surface area contributed by atoms with E-state index in [4.69, 9.17) is 4.74 Å². The Morgan fingerprint density at radius 1 is 1.06 bits per heavy atom. The number of rotatable bonds is 9. The molecule has 1 N–H and O–H groups in total. The summed E-state index contributed by atoms with van der Waals surface area (Å²) in [6, 6.07) is 22.8. The van der Waals surface area contributed by atoms with Gasteiger partial charge in [0, 0.05) is 18.7 Å². The summed E-state index contributed by atoms with van der Waals surface area (Å²) in [6.07, 6.45) is 0.668. The van der Waals surface area contributed by atoms with Crippen LogP contribution in [0.4, 0.5) is 15.8 Å². The lowest BCUT2D eigenvalue weighted by molar-refractivity contribution is -0.128. The maximum absolute atomic E-state index is 13.3. The number of benzene rings is 3. The average Bonchev–Trinajstić information content (AvgIpc) is 3.14. The highest BCUT2D eigenvalue weighted by atomic mass is 32.2. The molecule has 1 aliphatic rings. The predicted molar refractivity (Wildman–Crippen MR) is 138 cm³/mol. The summed E-state index contributed by atoms with van der Waals surface area (Å²) in [5.74, 6) is -0.0451. The summed E-state index contributed by atoms with van der Waals surface area (Å²) in [5, 5.41) is 2.76. The van der Waals surface area contributed by atoms with Crippen molar-refractivity contribution in [2.75, 3.05) is 18.5 Å². The van der Waals surface area contributed by atoms with Gasteiger partial charge in [0.2, 0.25) is 11.8 Å². The summed E-state index contributed by atoms with van der Waals surface area (Å²) in [6.45, 7) is 2.91. The van der Waals surface area contributed by atoms with Crippen LogP contribution in [0.5, 0.6) is 5.75 Å². The molecule has 1 saturated heterocycles. The van der Waals surface area contributed by atoms with Gasteiger partial charge in [-0.3, -0.25) is 14.5 Å². The summed E-state index contributed by atoms with van der Waals surface area (Å²) < 4.78 is 18.7. The molecule has 4 rings (SSSR count). The maximum Gasteiger partial charge on any atom is 0.242 e. The smallest absolute Gasteiger partial charge is 0.242 e. The minimum atomic E-state index is -0.590. The van der Waals surface area contributed by atoms with Crippen LogP contribution in [-0.2, 0) is 16.0 Å². The normalized spacial score (nSPS) is 16.5. The number of aliphatic imine (C=N–C) groups is 1. The van der Waals surface area contributed by atoms with Gasteiger partial charge in [-0.25, -0.2) is 9.38 Å². The third kappa shape index (κ3) is 6.70. The molecule has 8 heteroatoms. The van der Waals surface area contributed by atoms with Gasteiger partial charge in [-0.2, -0.15) is 0 Å². The van der Waals surface area contributed by atoms with Crippen LogP contribution in [0.1, 0.15) is 18.9 Å². The predicted octanol–water partition coefficient (Wildman–Crippen LogP) is 5.43. The van der Waals surface area contributed by atoms with E-state index < -0.39 is 5.25 Å². The zero-order valence-corrected chi connectivity index (χ0v) is 20.1.